The van der Waals surface area contributed by atoms with E-state index in [4.69, 9.17) is 0 Å². The molecular weight excluding hydrogens is 256 g/mol. The number of piperazine rings is 1. The van der Waals surface area contributed by atoms with Crippen LogP contribution in [-0.4, -0.2) is 47.2 Å². The smallest absolute Gasteiger partial charge is 0.163 e. The van der Waals surface area contributed by atoms with Gasteiger partial charge in [0.1, 0.15) is 0 Å². The van der Waals surface area contributed by atoms with E-state index in [0.29, 0.717) is 0 Å². The molecule has 0 radical (unpaired) electrons. The maximum Gasteiger partial charge on any atom is 0.163 e. The van der Waals surface area contributed by atoms with Gasteiger partial charge in [-0.3, -0.25) is 4.90 Å². The first-order valence-corrected chi connectivity index (χ1v) is 7.28. The predicted octanol–water partition coefficient (Wildman–Crippen LogP) is 2.35. The van der Waals surface area contributed by atoms with Crippen molar-refractivity contribution in [3.8, 4) is 0 Å². The molecule has 1 aromatic rings. The number of nitrogens with zero attached hydrogens (tertiary/aromatic N) is 4. The molecule has 1 fully saturated rings. The van der Waals surface area contributed by atoms with Crippen molar-refractivity contribution in [2.24, 2.45) is 0 Å². The Bertz CT molecular complexity index is 444. The Labute approximate surface area is 118 Å². The highest BCUT2D eigenvalue weighted by Crippen LogP contribution is 2.16. The van der Waals surface area contributed by atoms with E-state index >= 15 is 0 Å². The molecule has 5 heteroatoms. The zero-order chi connectivity index (χ0) is 13.7. The van der Waals surface area contributed by atoms with E-state index in [0.717, 1.165) is 56.1 Å². The summed E-state index contributed by atoms with van der Waals surface area (Å²) in [6.45, 7) is 16.9. The minimum atomic E-state index is 0.951. The van der Waals surface area contributed by atoms with Crippen LogP contribution >= 0.6 is 11.5 Å². The fourth-order valence-corrected chi connectivity index (χ4v) is 2.56. The van der Waals surface area contributed by atoms with Crippen LogP contribution in [0.3, 0.4) is 0 Å². The molecule has 0 spiro atoms. The van der Waals surface area contributed by atoms with E-state index < -0.39 is 0 Å². The van der Waals surface area contributed by atoms with Gasteiger partial charge in [-0.2, -0.15) is 0 Å². The first kappa shape index (κ1) is 14.0. The SMILES string of the molecule is C=CC(=C)C(=C)CCN1CCN(c2csnn2)CC1. The minimum Gasteiger partial charge on any atom is -0.352 e. The molecule has 102 valence electrons. The largest absolute Gasteiger partial charge is 0.352 e. The Hall–Kier alpha value is -1.46. The molecule has 4 nitrogen and oxygen atoms in total. The normalized spacial score (nSPS) is 16.3. The molecule has 0 aliphatic carbocycles. The van der Waals surface area contributed by atoms with Gasteiger partial charge >= 0.3 is 0 Å². The fourth-order valence-electron chi connectivity index (χ4n) is 2.10. The van der Waals surface area contributed by atoms with Crippen molar-refractivity contribution in [1.29, 1.82) is 0 Å². The molecule has 0 saturated carbocycles. The molecule has 0 unspecified atom stereocenters. The Balaban J connectivity index is 1.73. The molecule has 0 amide bonds. The van der Waals surface area contributed by atoms with Gasteiger partial charge in [-0.25, -0.2) is 0 Å². The van der Waals surface area contributed by atoms with E-state index in [-0.39, 0.29) is 0 Å². The van der Waals surface area contributed by atoms with E-state index in [1.165, 1.54) is 11.5 Å². The quantitative estimate of drug-likeness (QED) is 0.747. The number of hydrogen-bond acceptors (Lipinski definition) is 5. The lowest BCUT2D eigenvalue weighted by Crippen LogP contribution is -2.46. The molecular formula is C14H20N4S. The molecule has 0 N–H and O–H groups in total. The van der Waals surface area contributed by atoms with Crippen LogP contribution in [0, 0.1) is 0 Å². The van der Waals surface area contributed by atoms with Gasteiger partial charge in [-0.1, -0.05) is 30.3 Å². The van der Waals surface area contributed by atoms with Gasteiger partial charge in [-0.15, -0.1) is 5.10 Å². The standard InChI is InChI=1S/C14H20N4S/c1-4-12(2)13(3)5-6-17-7-9-18(10-8-17)14-11-19-16-15-14/h4,11H,1-3,5-10H2. The molecule has 0 bridgehead atoms. The van der Waals surface area contributed by atoms with Gasteiger partial charge in [0.25, 0.3) is 0 Å². The monoisotopic (exact) mass is 276 g/mol. The van der Waals surface area contributed by atoms with Crippen LogP contribution in [0.2, 0.25) is 0 Å². The van der Waals surface area contributed by atoms with Gasteiger partial charge in [0.05, 0.1) is 5.38 Å². The fraction of sp³-hybridized carbons (Fsp3) is 0.429. The molecule has 2 rings (SSSR count). The van der Waals surface area contributed by atoms with Crippen molar-refractivity contribution in [3.63, 3.8) is 0 Å². The Morgan fingerprint density at radius 2 is 2.05 bits per heavy atom. The second-order valence-electron chi connectivity index (χ2n) is 4.67. The topological polar surface area (TPSA) is 32.3 Å². The van der Waals surface area contributed by atoms with E-state index in [1.807, 2.05) is 5.38 Å². The average molecular weight is 276 g/mol. The maximum atomic E-state index is 4.11. The Morgan fingerprint density at radius 1 is 1.32 bits per heavy atom. The van der Waals surface area contributed by atoms with Crippen molar-refractivity contribution >= 4 is 17.4 Å². The van der Waals surface area contributed by atoms with Gasteiger partial charge in [0.2, 0.25) is 0 Å². The van der Waals surface area contributed by atoms with Crippen molar-refractivity contribution in [2.75, 3.05) is 37.6 Å². The number of rotatable bonds is 6. The summed E-state index contributed by atoms with van der Waals surface area (Å²) < 4.78 is 3.91. The molecule has 2 heterocycles. The first-order chi connectivity index (χ1) is 9.20. The van der Waals surface area contributed by atoms with E-state index in [1.54, 1.807) is 6.08 Å². The van der Waals surface area contributed by atoms with Crippen molar-refractivity contribution in [1.82, 2.24) is 14.5 Å². The molecule has 1 aliphatic rings. The zero-order valence-corrected chi connectivity index (χ0v) is 12.0. The lowest BCUT2D eigenvalue weighted by molar-refractivity contribution is 0.260. The summed E-state index contributed by atoms with van der Waals surface area (Å²) >= 11 is 1.41. The predicted molar refractivity (Wildman–Crippen MR) is 81.7 cm³/mol. The third kappa shape index (κ3) is 3.75. The van der Waals surface area contributed by atoms with E-state index in [9.17, 15) is 0 Å². The molecule has 1 aromatic heterocycles. The second-order valence-corrected chi connectivity index (χ2v) is 5.28. The molecule has 0 atom stereocenters. The lowest BCUT2D eigenvalue weighted by Gasteiger charge is -2.34. The third-order valence-corrected chi connectivity index (χ3v) is 3.97. The number of hydrogen-bond donors (Lipinski definition) is 0. The van der Waals surface area contributed by atoms with Crippen LogP contribution in [0.4, 0.5) is 5.82 Å². The summed E-state index contributed by atoms with van der Waals surface area (Å²) in [5.74, 6) is 1.01. The summed E-state index contributed by atoms with van der Waals surface area (Å²) in [5, 5.41) is 6.12. The Morgan fingerprint density at radius 3 is 2.63 bits per heavy atom. The van der Waals surface area contributed by atoms with Crippen LogP contribution in [-0.2, 0) is 0 Å². The number of aromatic nitrogens is 2. The lowest BCUT2D eigenvalue weighted by atomic mass is 10.1. The summed E-state index contributed by atoms with van der Waals surface area (Å²) in [6.07, 6.45) is 2.73. The minimum absolute atomic E-state index is 0.951. The summed E-state index contributed by atoms with van der Waals surface area (Å²) in [7, 11) is 0. The number of allylic oxidation sites excluding steroid dienone is 2. The maximum absolute atomic E-state index is 4.11. The summed E-state index contributed by atoms with van der Waals surface area (Å²) in [4.78, 5) is 4.75. The molecule has 0 aromatic carbocycles. The van der Waals surface area contributed by atoms with Crippen LogP contribution < -0.4 is 4.90 Å². The van der Waals surface area contributed by atoms with Gasteiger partial charge < -0.3 is 4.90 Å². The Kier molecular flexibility index (Phi) is 4.87. The highest BCUT2D eigenvalue weighted by Gasteiger charge is 2.18. The van der Waals surface area contributed by atoms with Crippen LogP contribution in [0.1, 0.15) is 6.42 Å². The number of anilines is 1. The van der Waals surface area contributed by atoms with Crippen LogP contribution in [0.25, 0.3) is 0 Å². The third-order valence-electron chi connectivity index (χ3n) is 3.48. The van der Waals surface area contributed by atoms with Crippen molar-refractivity contribution < 1.29 is 0 Å². The van der Waals surface area contributed by atoms with Gasteiger partial charge in [0.15, 0.2) is 5.82 Å². The molecule has 1 aliphatic heterocycles. The first-order valence-electron chi connectivity index (χ1n) is 6.44. The zero-order valence-electron chi connectivity index (χ0n) is 11.2. The molecule has 19 heavy (non-hydrogen) atoms. The van der Waals surface area contributed by atoms with Gasteiger partial charge in [0, 0.05) is 32.7 Å². The van der Waals surface area contributed by atoms with Crippen LogP contribution in [0.5, 0.6) is 0 Å². The highest BCUT2D eigenvalue weighted by atomic mass is 32.1. The highest BCUT2D eigenvalue weighted by molar-refractivity contribution is 7.03. The second kappa shape index (κ2) is 6.63. The molecule has 1 saturated heterocycles. The van der Waals surface area contributed by atoms with E-state index in [2.05, 4.69) is 39.1 Å². The van der Waals surface area contributed by atoms with Gasteiger partial charge in [-0.05, 0) is 29.1 Å². The van der Waals surface area contributed by atoms with Crippen molar-refractivity contribution in [3.05, 3.63) is 42.3 Å². The summed E-state index contributed by atoms with van der Waals surface area (Å²) in [5.41, 5.74) is 2.04. The van der Waals surface area contributed by atoms with Crippen molar-refractivity contribution in [2.45, 2.75) is 6.42 Å². The average Bonchev–Trinajstić information content (AvgIpc) is 2.98. The summed E-state index contributed by atoms with van der Waals surface area (Å²) in [6, 6.07) is 0. The van der Waals surface area contributed by atoms with Crippen LogP contribution in [0.15, 0.2) is 42.3 Å².